The lowest BCUT2D eigenvalue weighted by molar-refractivity contribution is -0.120. The molecule has 0 spiro atoms. The Labute approximate surface area is 164 Å². The largest absolute Gasteiger partial charge is 0.299 e. The first-order valence-electron chi connectivity index (χ1n) is 8.38. The molecule has 0 saturated carbocycles. The third-order valence-corrected chi connectivity index (χ3v) is 5.02. The molecule has 0 saturated heterocycles. The summed E-state index contributed by atoms with van der Waals surface area (Å²) in [6.07, 6.45) is 0. The highest BCUT2D eigenvalue weighted by Gasteiger charge is 2.30. The summed E-state index contributed by atoms with van der Waals surface area (Å²) in [5.74, 6) is -0.491. The lowest BCUT2D eigenvalue weighted by Crippen LogP contribution is -2.44. The Morgan fingerprint density at radius 1 is 1.00 bits per heavy atom. The van der Waals surface area contributed by atoms with E-state index in [0.29, 0.717) is 11.3 Å². The van der Waals surface area contributed by atoms with E-state index in [1.54, 1.807) is 6.07 Å². The molecule has 2 amide bonds. The van der Waals surface area contributed by atoms with Gasteiger partial charge in [-0.25, -0.2) is 0 Å². The number of halogens is 1. The van der Waals surface area contributed by atoms with E-state index in [9.17, 15) is 9.59 Å². The molecule has 0 unspecified atom stereocenters. The molecule has 1 heterocycles. The van der Waals surface area contributed by atoms with Crippen molar-refractivity contribution in [1.29, 1.82) is 0 Å². The van der Waals surface area contributed by atoms with Gasteiger partial charge in [0.1, 0.15) is 6.54 Å². The van der Waals surface area contributed by atoms with Gasteiger partial charge in [-0.05, 0) is 35.2 Å². The Balaban J connectivity index is 1.45. The molecule has 5 nitrogen and oxygen atoms in total. The fraction of sp³-hybridized carbons (Fsp3) is 0.0476. The number of rotatable bonds is 5. The summed E-state index contributed by atoms with van der Waals surface area (Å²) < 4.78 is 0.962. The number of hydrogen-bond acceptors (Lipinski definition) is 3. The van der Waals surface area contributed by atoms with Gasteiger partial charge in [0.25, 0.3) is 11.8 Å². The zero-order valence-corrected chi connectivity index (χ0v) is 15.9. The predicted molar refractivity (Wildman–Crippen MR) is 110 cm³/mol. The van der Waals surface area contributed by atoms with E-state index in [4.69, 9.17) is 0 Å². The molecule has 3 aromatic rings. The monoisotopic (exact) mass is 421 g/mol. The molecule has 0 atom stereocenters. The SMILES string of the molecule is C=C(NNC(=O)CN1C(=O)c2cccc3cccc1c23)c1ccc(Br)cc1. The third kappa shape index (κ3) is 3.19. The van der Waals surface area contributed by atoms with Crippen molar-refractivity contribution in [3.05, 3.63) is 82.8 Å². The van der Waals surface area contributed by atoms with Gasteiger partial charge >= 0.3 is 0 Å². The first-order chi connectivity index (χ1) is 13.0. The van der Waals surface area contributed by atoms with Crippen molar-refractivity contribution in [2.24, 2.45) is 0 Å². The summed E-state index contributed by atoms with van der Waals surface area (Å²) in [7, 11) is 0. The summed E-state index contributed by atoms with van der Waals surface area (Å²) in [5.41, 5.74) is 8.22. The third-order valence-electron chi connectivity index (χ3n) is 4.50. The van der Waals surface area contributed by atoms with Crippen LogP contribution in [0, 0.1) is 0 Å². The smallest absolute Gasteiger partial charge is 0.259 e. The molecular weight excluding hydrogens is 406 g/mol. The van der Waals surface area contributed by atoms with Crippen molar-refractivity contribution in [2.45, 2.75) is 0 Å². The van der Waals surface area contributed by atoms with Gasteiger partial charge in [0.15, 0.2) is 0 Å². The van der Waals surface area contributed by atoms with E-state index in [-0.39, 0.29) is 18.4 Å². The lowest BCUT2D eigenvalue weighted by atomic mass is 10.1. The van der Waals surface area contributed by atoms with Crippen LogP contribution in [0.15, 0.2) is 71.7 Å². The van der Waals surface area contributed by atoms with E-state index in [0.717, 1.165) is 26.5 Å². The second kappa shape index (κ2) is 6.89. The Morgan fingerprint density at radius 2 is 1.70 bits per heavy atom. The van der Waals surface area contributed by atoms with Gasteiger partial charge in [-0.3, -0.25) is 25.3 Å². The van der Waals surface area contributed by atoms with Gasteiger partial charge < -0.3 is 0 Å². The molecule has 2 N–H and O–H groups in total. The van der Waals surface area contributed by atoms with Crippen LogP contribution in [-0.2, 0) is 4.79 Å². The highest BCUT2D eigenvalue weighted by Crippen LogP contribution is 2.36. The Bertz CT molecular complexity index is 1070. The maximum atomic E-state index is 12.7. The fourth-order valence-corrected chi connectivity index (χ4v) is 3.45. The Morgan fingerprint density at radius 3 is 2.44 bits per heavy atom. The number of hydrogen-bond donors (Lipinski definition) is 2. The highest BCUT2D eigenvalue weighted by atomic mass is 79.9. The van der Waals surface area contributed by atoms with Crippen molar-refractivity contribution in [2.75, 3.05) is 11.4 Å². The summed E-state index contributed by atoms with van der Waals surface area (Å²) in [6, 6.07) is 18.9. The fourth-order valence-electron chi connectivity index (χ4n) is 3.19. The van der Waals surface area contributed by atoms with Gasteiger partial charge in [0.2, 0.25) is 0 Å². The molecule has 27 heavy (non-hydrogen) atoms. The van der Waals surface area contributed by atoms with Gasteiger partial charge in [-0.2, -0.15) is 0 Å². The normalized spacial score (nSPS) is 12.3. The molecule has 4 rings (SSSR count). The van der Waals surface area contributed by atoms with Crippen LogP contribution < -0.4 is 15.8 Å². The van der Waals surface area contributed by atoms with Crippen molar-refractivity contribution < 1.29 is 9.59 Å². The number of carbonyl (C=O) groups excluding carboxylic acids is 2. The number of amides is 2. The van der Waals surface area contributed by atoms with E-state index in [1.807, 2.05) is 54.6 Å². The summed E-state index contributed by atoms with van der Waals surface area (Å²) in [5, 5.41) is 1.88. The molecule has 1 aliphatic heterocycles. The second-order valence-corrected chi connectivity index (χ2v) is 7.15. The molecule has 6 heteroatoms. The predicted octanol–water partition coefficient (Wildman–Crippen LogP) is 3.85. The van der Waals surface area contributed by atoms with E-state index in [1.165, 1.54) is 4.90 Å². The van der Waals surface area contributed by atoms with E-state index < -0.39 is 0 Å². The molecule has 3 aromatic carbocycles. The van der Waals surface area contributed by atoms with Crippen LogP contribution in [0.25, 0.3) is 16.5 Å². The average Bonchev–Trinajstić information content (AvgIpc) is 2.95. The van der Waals surface area contributed by atoms with E-state index in [2.05, 4.69) is 33.4 Å². The van der Waals surface area contributed by atoms with Crippen LogP contribution in [0.4, 0.5) is 5.69 Å². The average molecular weight is 422 g/mol. The zero-order valence-electron chi connectivity index (χ0n) is 14.3. The van der Waals surface area contributed by atoms with E-state index >= 15 is 0 Å². The molecule has 0 aliphatic carbocycles. The molecule has 134 valence electrons. The minimum absolute atomic E-state index is 0.0761. The van der Waals surface area contributed by atoms with Gasteiger partial charge in [0.05, 0.1) is 11.4 Å². The van der Waals surface area contributed by atoms with Crippen LogP contribution in [0.5, 0.6) is 0 Å². The maximum absolute atomic E-state index is 12.7. The highest BCUT2D eigenvalue weighted by molar-refractivity contribution is 9.10. The quantitative estimate of drug-likeness (QED) is 0.614. The Kier molecular flexibility index (Phi) is 4.41. The summed E-state index contributed by atoms with van der Waals surface area (Å²) in [6.45, 7) is 3.84. The van der Waals surface area contributed by atoms with Crippen LogP contribution in [0.2, 0.25) is 0 Å². The van der Waals surface area contributed by atoms with Gasteiger partial charge in [-0.15, -0.1) is 0 Å². The summed E-state index contributed by atoms with van der Waals surface area (Å²) in [4.78, 5) is 26.6. The number of nitrogens with one attached hydrogen (secondary N) is 2. The van der Waals surface area contributed by atoms with Crippen molar-refractivity contribution in [1.82, 2.24) is 10.9 Å². The molecular formula is C21H16BrN3O2. The van der Waals surface area contributed by atoms with Gasteiger partial charge in [0, 0.05) is 15.4 Å². The van der Waals surface area contributed by atoms with Crippen molar-refractivity contribution >= 4 is 49.9 Å². The standard InChI is InChI=1S/C21H16BrN3O2/c1-13(14-8-10-16(22)11-9-14)23-24-19(26)12-25-18-7-3-5-15-4-2-6-17(20(15)18)21(25)27/h2-11,23H,1,12H2,(H,24,26). The lowest BCUT2D eigenvalue weighted by Gasteiger charge is -2.18. The molecule has 0 aromatic heterocycles. The number of hydrazine groups is 1. The van der Waals surface area contributed by atoms with Crippen molar-refractivity contribution in [3.63, 3.8) is 0 Å². The number of carbonyl (C=O) groups is 2. The number of anilines is 1. The maximum Gasteiger partial charge on any atom is 0.259 e. The van der Waals surface area contributed by atoms with Crippen LogP contribution in [0.1, 0.15) is 15.9 Å². The number of nitrogens with zero attached hydrogens (tertiary/aromatic N) is 1. The second-order valence-electron chi connectivity index (χ2n) is 6.23. The van der Waals surface area contributed by atoms with Crippen LogP contribution in [0.3, 0.4) is 0 Å². The first kappa shape index (κ1) is 17.3. The zero-order chi connectivity index (χ0) is 19.0. The minimum Gasteiger partial charge on any atom is -0.299 e. The minimum atomic E-state index is -0.327. The van der Waals surface area contributed by atoms with Gasteiger partial charge in [-0.1, -0.05) is 58.9 Å². The topological polar surface area (TPSA) is 61.4 Å². The molecule has 0 bridgehead atoms. The number of benzene rings is 3. The van der Waals surface area contributed by atoms with Crippen LogP contribution >= 0.6 is 15.9 Å². The Hall–Kier alpha value is -3.12. The molecule has 0 radical (unpaired) electrons. The summed E-state index contributed by atoms with van der Waals surface area (Å²) >= 11 is 3.38. The van der Waals surface area contributed by atoms with Crippen molar-refractivity contribution in [3.8, 4) is 0 Å². The molecule has 0 fully saturated rings. The molecule has 1 aliphatic rings. The first-order valence-corrected chi connectivity index (χ1v) is 9.17. The van der Waals surface area contributed by atoms with Crippen LogP contribution in [-0.4, -0.2) is 18.4 Å².